The van der Waals surface area contributed by atoms with Crippen LogP contribution < -0.4 is 5.32 Å². The lowest BCUT2D eigenvalue weighted by Gasteiger charge is -2.09. The molecule has 0 unspecified atom stereocenters. The molecule has 3 aromatic rings. The van der Waals surface area contributed by atoms with Crippen LogP contribution in [-0.2, 0) is 0 Å². The Morgan fingerprint density at radius 3 is 2.78 bits per heavy atom. The molecule has 0 saturated heterocycles. The molecule has 0 bridgehead atoms. The molecule has 0 spiro atoms. The van der Waals surface area contributed by atoms with Crippen LogP contribution in [0.25, 0.3) is 22.3 Å². The Morgan fingerprint density at radius 1 is 1.17 bits per heavy atom. The molecule has 4 heteroatoms. The first-order valence-corrected chi connectivity index (χ1v) is 6.71. The van der Waals surface area contributed by atoms with Gasteiger partial charge in [-0.15, -0.1) is 0 Å². The molecule has 1 aromatic carbocycles. The summed E-state index contributed by atoms with van der Waals surface area (Å²) in [6.45, 7) is 2.08. The van der Waals surface area contributed by atoms with Crippen molar-refractivity contribution in [1.29, 1.82) is 0 Å². The molecule has 0 aliphatic carbocycles. The van der Waals surface area contributed by atoms with E-state index in [1.165, 1.54) is 5.56 Å². The average molecular weight is 255 g/mol. The predicted octanol–water partition coefficient (Wildman–Crippen LogP) is 3.71. The van der Waals surface area contributed by atoms with Crippen molar-refractivity contribution in [2.45, 2.75) is 6.92 Å². The van der Waals surface area contributed by atoms with Crippen molar-refractivity contribution < 1.29 is 0 Å². The lowest BCUT2D eigenvalue weighted by molar-refractivity contribution is 1.21. The third-order valence-electron chi connectivity index (χ3n) is 2.95. The highest BCUT2D eigenvalue weighted by Crippen LogP contribution is 2.27. The standard InChI is InChI=1S/C14H13N3S/c1-9-4-3-5-11-12(9)14(15-2)17-13(16-11)10-6-7-18-8-10/h3-8H,1-2H3,(H,15,16,17). The van der Waals surface area contributed by atoms with Crippen molar-refractivity contribution in [3.63, 3.8) is 0 Å². The van der Waals surface area contributed by atoms with Crippen LogP contribution in [0.1, 0.15) is 5.56 Å². The van der Waals surface area contributed by atoms with Gasteiger partial charge in [0, 0.05) is 23.4 Å². The van der Waals surface area contributed by atoms with Crippen LogP contribution in [0.2, 0.25) is 0 Å². The minimum absolute atomic E-state index is 0.777. The van der Waals surface area contributed by atoms with E-state index in [-0.39, 0.29) is 0 Å². The summed E-state index contributed by atoms with van der Waals surface area (Å²) in [6, 6.07) is 8.18. The number of thiophene rings is 1. The number of fused-ring (bicyclic) bond motifs is 1. The molecule has 0 aliphatic rings. The van der Waals surface area contributed by atoms with Crippen LogP contribution in [0.15, 0.2) is 35.0 Å². The quantitative estimate of drug-likeness (QED) is 0.758. The maximum Gasteiger partial charge on any atom is 0.162 e. The minimum atomic E-state index is 0.777. The van der Waals surface area contributed by atoms with Gasteiger partial charge in [0.1, 0.15) is 5.82 Å². The average Bonchev–Trinajstić information content (AvgIpc) is 2.91. The summed E-state index contributed by atoms with van der Waals surface area (Å²) in [5.74, 6) is 1.66. The van der Waals surface area contributed by atoms with E-state index in [2.05, 4.69) is 33.7 Å². The smallest absolute Gasteiger partial charge is 0.162 e. The SMILES string of the molecule is CNc1nc(-c2ccsc2)nc2cccc(C)c12. The van der Waals surface area contributed by atoms with Gasteiger partial charge in [0.25, 0.3) is 0 Å². The van der Waals surface area contributed by atoms with Gasteiger partial charge in [0.15, 0.2) is 5.82 Å². The Hall–Kier alpha value is -1.94. The van der Waals surface area contributed by atoms with E-state index in [1.807, 2.05) is 30.6 Å². The van der Waals surface area contributed by atoms with Crippen molar-refractivity contribution in [2.75, 3.05) is 12.4 Å². The van der Waals surface area contributed by atoms with E-state index in [9.17, 15) is 0 Å². The highest BCUT2D eigenvalue weighted by Gasteiger charge is 2.10. The number of aromatic nitrogens is 2. The molecular formula is C14H13N3S. The number of nitrogens with one attached hydrogen (secondary N) is 1. The molecule has 2 aromatic heterocycles. The van der Waals surface area contributed by atoms with Gasteiger partial charge >= 0.3 is 0 Å². The zero-order chi connectivity index (χ0) is 12.5. The summed E-state index contributed by atoms with van der Waals surface area (Å²) in [5, 5.41) is 8.37. The van der Waals surface area contributed by atoms with Crippen LogP contribution in [-0.4, -0.2) is 17.0 Å². The van der Waals surface area contributed by atoms with E-state index >= 15 is 0 Å². The maximum absolute atomic E-state index is 4.64. The van der Waals surface area contributed by atoms with E-state index in [1.54, 1.807) is 11.3 Å². The van der Waals surface area contributed by atoms with Crippen molar-refractivity contribution in [2.24, 2.45) is 0 Å². The predicted molar refractivity (Wildman–Crippen MR) is 77.1 cm³/mol. The van der Waals surface area contributed by atoms with Gasteiger partial charge in [-0.3, -0.25) is 0 Å². The molecule has 0 fully saturated rings. The molecule has 0 atom stereocenters. The van der Waals surface area contributed by atoms with Crippen LogP contribution in [0, 0.1) is 6.92 Å². The van der Waals surface area contributed by atoms with Crippen LogP contribution >= 0.6 is 11.3 Å². The summed E-state index contributed by atoms with van der Waals surface area (Å²) in [4.78, 5) is 9.25. The van der Waals surface area contributed by atoms with Crippen molar-refractivity contribution in [3.8, 4) is 11.4 Å². The van der Waals surface area contributed by atoms with Gasteiger partial charge in [-0.25, -0.2) is 9.97 Å². The first-order chi connectivity index (χ1) is 8.79. The van der Waals surface area contributed by atoms with Crippen molar-refractivity contribution in [3.05, 3.63) is 40.6 Å². The molecule has 0 saturated carbocycles. The Bertz CT molecular complexity index is 690. The zero-order valence-electron chi connectivity index (χ0n) is 10.3. The Kier molecular flexibility index (Phi) is 2.72. The Morgan fingerprint density at radius 2 is 2.06 bits per heavy atom. The third-order valence-corrected chi connectivity index (χ3v) is 3.63. The van der Waals surface area contributed by atoms with Gasteiger partial charge in [-0.1, -0.05) is 12.1 Å². The highest BCUT2D eigenvalue weighted by molar-refractivity contribution is 7.08. The highest BCUT2D eigenvalue weighted by atomic mass is 32.1. The van der Waals surface area contributed by atoms with Crippen molar-refractivity contribution >= 4 is 28.1 Å². The first-order valence-electron chi connectivity index (χ1n) is 5.77. The fraction of sp³-hybridized carbons (Fsp3) is 0.143. The number of rotatable bonds is 2. The maximum atomic E-state index is 4.64. The summed E-state index contributed by atoms with van der Waals surface area (Å²) in [5.41, 5.74) is 3.24. The molecule has 0 amide bonds. The monoisotopic (exact) mass is 255 g/mol. The second kappa shape index (κ2) is 4.38. The van der Waals surface area contributed by atoms with E-state index in [4.69, 9.17) is 0 Å². The second-order valence-corrected chi connectivity index (χ2v) is 4.91. The number of anilines is 1. The molecule has 3 rings (SSSR count). The molecule has 2 heterocycles. The van der Waals surface area contributed by atoms with E-state index < -0.39 is 0 Å². The van der Waals surface area contributed by atoms with E-state index in [0.717, 1.165) is 28.1 Å². The Labute approximate surface area is 110 Å². The summed E-state index contributed by atoms with van der Waals surface area (Å²) in [6.07, 6.45) is 0. The topological polar surface area (TPSA) is 37.8 Å². The van der Waals surface area contributed by atoms with Gasteiger partial charge in [-0.05, 0) is 30.0 Å². The molecule has 90 valence electrons. The van der Waals surface area contributed by atoms with Crippen LogP contribution in [0.4, 0.5) is 5.82 Å². The molecule has 0 radical (unpaired) electrons. The minimum Gasteiger partial charge on any atom is -0.373 e. The molecule has 0 aliphatic heterocycles. The second-order valence-electron chi connectivity index (χ2n) is 4.13. The summed E-state index contributed by atoms with van der Waals surface area (Å²) >= 11 is 1.66. The number of benzene rings is 1. The molecule has 3 nitrogen and oxygen atoms in total. The lowest BCUT2D eigenvalue weighted by Crippen LogP contribution is -1.99. The fourth-order valence-electron chi connectivity index (χ4n) is 2.06. The molecule has 1 N–H and O–H groups in total. The fourth-order valence-corrected chi connectivity index (χ4v) is 2.69. The lowest BCUT2D eigenvalue weighted by atomic mass is 10.1. The van der Waals surface area contributed by atoms with Gasteiger partial charge in [-0.2, -0.15) is 11.3 Å². The normalized spacial score (nSPS) is 10.8. The van der Waals surface area contributed by atoms with Crippen LogP contribution in [0.5, 0.6) is 0 Å². The number of aryl methyl sites for hydroxylation is 1. The van der Waals surface area contributed by atoms with Gasteiger partial charge < -0.3 is 5.32 Å². The largest absolute Gasteiger partial charge is 0.373 e. The van der Waals surface area contributed by atoms with Crippen LogP contribution in [0.3, 0.4) is 0 Å². The number of hydrogen-bond donors (Lipinski definition) is 1. The van der Waals surface area contributed by atoms with Crippen molar-refractivity contribution in [1.82, 2.24) is 9.97 Å². The third kappa shape index (κ3) is 1.75. The molecule has 18 heavy (non-hydrogen) atoms. The summed E-state index contributed by atoms with van der Waals surface area (Å²) in [7, 11) is 1.89. The molecular weight excluding hydrogens is 242 g/mol. The Balaban J connectivity index is 2.32. The van der Waals surface area contributed by atoms with Gasteiger partial charge in [0.2, 0.25) is 0 Å². The number of nitrogens with zero attached hydrogens (tertiary/aromatic N) is 2. The first kappa shape index (κ1) is 11.2. The summed E-state index contributed by atoms with van der Waals surface area (Å²) < 4.78 is 0. The van der Waals surface area contributed by atoms with E-state index in [0.29, 0.717) is 0 Å². The zero-order valence-corrected chi connectivity index (χ0v) is 11.1. The number of hydrogen-bond acceptors (Lipinski definition) is 4. The van der Waals surface area contributed by atoms with Gasteiger partial charge in [0.05, 0.1) is 5.52 Å².